The minimum Gasteiger partial charge on any atom is -0.358 e. The predicted molar refractivity (Wildman–Crippen MR) is 107 cm³/mol. The van der Waals surface area contributed by atoms with E-state index in [1.807, 2.05) is 21.9 Å². The van der Waals surface area contributed by atoms with Crippen molar-refractivity contribution in [3.63, 3.8) is 0 Å². The summed E-state index contributed by atoms with van der Waals surface area (Å²) in [4.78, 5) is 16.7. The van der Waals surface area contributed by atoms with E-state index < -0.39 is 0 Å². The lowest BCUT2D eigenvalue weighted by atomic mass is 9.97. The number of rotatable bonds is 6. The Kier molecular flexibility index (Phi) is 6.62. The van der Waals surface area contributed by atoms with Crippen molar-refractivity contribution in [3.8, 4) is 6.07 Å². The first kappa shape index (κ1) is 19.8. The van der Waals surface area contributed by atoms with Gasteiger partial charge in [-0.3, -0.25) is 4.79 Å². The summed E-state index contributed by atoms with van der Waals surface area (Å²) in [5, 5.41) is 9.02. The van der Waals surface area contributed by atoms with Crippen molar-refractivity contribution in [2.45, 2.75) is 19.4 Å². The Morgan fingerprint density at radius 1 is 1.14 bits per heavy atom. The van der Waals surface area contributed by atoms with E-state index in [1.165, 1.54) is 12.1 Å². The third-order valence-electron chi connectivity index (χ3n) is 5.27. The Balaban J connectivity index is 1.74. The molecule has 1 heterocycles. The van der Waals surface area contributed by atoms with Crippen LogP contribution >= 0.6 is 0 Å². The zero-order valence-electron chi connectivity index (χ0n) is 15.9. The van der Waals surface area contributed by atoms with Crippen LogP contribution in [0.15, 0.2) is 48.5 Å². The van der Waals surface area contributed by atoms with Gasteiger partial charge in [0, 0.05) is 25.3 Å². The van der Waals surface area contributed by atoms with Gasteiger partial charge in [-0.05, 0) is 67.3 Å². The highest BCUT2D eigenvalue weighted by Crippen LogP contribution is 2.20. The summed E-state index contributed by atoms with van der Waals surface area (Å²) in [5.74, 6) is 0.285. The molecule has 6 heteroatoms. The zero-order chi connectivity index (χ0) is 19.9. The van der Waals surface area contributed by atoms with E-state index in [4.69, 9.17) is 11.0 Å². The largest absolute Gasteiger partial charge is 0.358 e. The van der Waals surface area contributed by atoms with Crippen LogP contribution in [0.1, 0.15) is 24.0 Å². The lowest BCUT2D eigenvalue weighted by molar-refractivity contribution is -0.131. The van der Waals surface area contributed by atoms with E-state index in [9.17, 15) is 9.18 Å². The third-order valence-corrected chi connectivity index (χ3v) is 5.27. The molecule has 28 heavy (non-hydrogen) atoms. The molecule has 1 fully saturated rings. The second kappa shape index (κ2) is 9.34. The lowest BCUT2D eigenvalue weighted by Crippen LogP contribution is -2.45. The standard InChI is InChI=1S/C22H25FN4O/c23-20-5-1-19(2-6-20)15-27(21-7-3-17(13-24)4-8-21)16-22(28)26-11-9-18(14-25)10-12-26/h1-8,18H,9-12,14-16,25H2. The number of piperidine rings is 1. The Labute approximate surface area is 165 Å². The van der Waals surface area contributed by atoms with Gasteiger partial charge in [-0.25, -0.2) is 4.39 Å². The molecule has 0 aliphatic carbocycles. The minimum absolute atomic E-state index is 0.0712. The van der Waals surface area contributed by atoms with Crippen LogP contribution in [0.3, 0.4) is 0 Å². The number of nitrogens with zero attached hydrogens (tertiary/aromatic N) is 3. The summed E-state index contributed by atoms with van der Waals surface area (Å²) in [7, 11) is 0. The summed E-state index contributed by atoms with van der Waals surface area (Å²) in [6.45, 7) is 2.86. The topological polar surface area (TPSA) is 73.4 Å². The Morgan fingerprint density at radius 2 is 1.79 bits per heavy atom. The number of carbonyl (C=O) groups excluding carboxylic acids is 1. The Bertz CT molecular complexity index is 821. The third kappa shape index (κ3) is 5.08. The number of carbonyl (C=O) groups is 1. The zero-order valence-corrected chi connectivity index (χ0v) is 15.9. The van der Waals surface area contributed by atoms with Crippen molar-refractivity contribution in [1.29, 1.82) is 5.26 Å². The molecule has 0 unspecified atom stereocenters. The highest BCUT2D eigenvalue weighted by Gasteiger charge is 2.23. The molecular weight excluding hydrogens is 355 g/mol. The van der Waals surface area contributed by atoms with Gasteiger partial charge in [0.2, 0.25) is 5.91 Å². The molecule has 0 radical (unpaired) electrons. The number of benzene rings is 2. The van der Waals surface area contributed by atoms with Crippen LogP contribution in [0.2, 0.25) is 0 Å². The number of likely N-dealkylation sites (tertiary alicyclic amines) is 1. The molecule has 3 rings (SSSR count). The summed E-state index contributed by atoms with van der Waals surface area (Å²) >= 11 is 0. The van der Waals surface area contributed by atoms with E-state index in [2.05, 4.69) is 6.07 Å². The first-order chi connectivity index (χ1) is 13.6. The summed E-state index contributed by atoms with van der Waals surface area (Å²) in [6, 6.07) is 15.6. The SMILES string of the molecule is N#Cc1ccc(N(CC(=O)N2CCC(CN)CC2)Cc2ccc(F)cc2)cc1. The van der Waals surface area contributed by atoms with Gasteiger partial charge in [-0.2, -0.15) is 5.26 Å². The first-order valence-electron chi connectivity index (χ1n) is 9.56. The van der Waals surface area contributed by atoms with E-state index in [0.717, 1.165) is 37.2 Å². The van der Waals surface area contributed by atoms with Gasteiger partial charge in [0.25, 0.3) is 0 Å². The molecule has 0 atom stereocenters. The number of hydrogen-bond acceptors (Lipinski definition) is 4. The Hall–Kier alpha value is -2.91. The maximum Gasteiger partial charge on any atom is 0.242 e. The van der Waals surface area contributed by atoms with Crippen molar-refractivity contribution in [3.05, 3.63) is 65.5 Å². The van der Waals surface area contributed by atoms with Crippen LogP contribution < -0.4 is 10.6 Å². The number of nitriles is 1. The van der Waals surface area contributed by atoms with Gasteiger partial charge in [0.05, 0.1) is 18.2 Å². The molecule has 146 valence electrons. The Morgan fingerprint density at radius 3 is 2.36 bits per heavy atom. The molecule has 1 saturated heterocycles. The van der Waals surface area contributed by atoms with Crippen molar-refractivity contribution < 1.29 is 9.18 Å². The fraction of sp³-hybridized carbons (Fsp3) is 0.364. The van der Waals surface area contributed by atoms with Gasteiger partial charge in [0.15, 0.2) is 0 Å². The van der Waals surface area contributed by atoms with Gasteiger partial charge >= 0.3 is 0 Å². The molecule has 1 amide bonds. The number of nitrogens with two attached hydrogens (primary N) is 1. The fourth-order valence-corrected chi connectivity index (χ4v) is 3.48. The van der Waals surface area contributed by atoms with Gasteiger partial charge in [-0.15, -0.1) is 0 Å². The molecule has 0 aromatic heterocycles. The second-order valence-electron chi connectivity index (χ2n) is 7.20. The predicted octanol–water partition coefficient (Wildman–Crippen LogP) is 2.90. The van der Waals surface area contributed by atoms with Gasteiger partial charge < -0.3 is 15.5 Å². The molecule has 2 aromatic rings. The maximum absolute atomic E-state index is 13.2. The lowest BCUT2D eigenvalue weighted by Gasteiger charge is -2.34. The van der Waals surface area contributed by atoms with Gasteiger partial charge in [0.1, 0.15) is 5.82 Å². The molecule has 2 N–H and O–H groups in total. The number of halogens is 1. The van der Waals surface area contributed by atoms with E-state index in [-0.39, 0.29) is 18.3 Å². The summed E-state index contributed by atoms with van der Waals surface area (Å²) < 4.78 is 13.2. The fourth-order valence-electron chi connectivity index (χ4n) is 3.48. The number of hydrogen-bond donors (Lipinski definition) is 1. The van der Waals surface area contributed by atoms with Crippen molar-refractivity contribution in [2.24, 2.45) is 11.7 Å². The van der Waals surface area contributed by atoms with Crippen LogP contribution in [0, 0.1) is 23.1 Å². The first-order valence-corrected chi connectivity index (χ1v) is 9.56. The molecular formula is C22H25FN4O. The highest BCUT2D eigenvalue weighted by atomic mass is 19.1. The van der Waals surface area contributed by atoms with E-state index in [1.54, 1.807) is 24.3 Å². The van der Waals surface area contributed by atoms with Crippen molar-refractivity contribution in [1.82, 2.24) is 4.90 Å². The van der Waals surface area contributed by atoms with Crippen LogP contribution in [0.25, 0.3) is 0 Å². The monoisotopic (exact) mass is 380 g/mol. The smallest absolute Gasteiger partial charge is 0.242 e. The molecule has 1 aliphatic rings. The summed E-state index contributed by atoms with van der Waals surface area (Å²) in [5.41, 5.74) is 8.08. The quantitative estimate of drug-likeness (QED) is 0.836. The molecule has 0 saturated carbocycles. The average molecular weight is 380 g/mol. The molecule has 5 nitrogen and oxygen atoms in total. The maximum atomic E-state index is 13.2. The van der Waals surface area contributed by atoms with E-state index >= 15 is 0 Å². The van der Waals surface area contributed by atoms with Crippen LogP contribution in [-0.4, -0.2) is 37.0 Å². The number of amides is 1. The minimum atomic E-state index is -0.285. The van der Waals surface area contributed by atoms with Gasteiger partial charge in [-0.1, -0.05) is 12.1 Å². The van der Waals surface area contributed by atoms with Crippen LogP contribution in [0.5, 0.6) is 0 Å². The van der Waals surface area contributed by atoms with Crippen molar-refractivity contribution >= 4 is 11.6 Å². The highest BCUT2D eigenvalue weighted by molar-refractivity contribution is 5.81. The summed E-state index contributed by atoms with van der Waals surface area (Å²) in [6.07, 6.45) is 1.88. The van der Waals surface area contributed by atoms with E-state index in [0.29, 0.717) is 24.6 Å². The van der Waals surface area contributed by atoms with Crippen molar-refractivity contribution in [2.75, 3.05) is 31.1 Å². The number of anilines is 1. The normalized spacial score (nSPS) is 14.5. The van der Waals surface area contributed by atoms with Crippen LogP contribution in [-0.2, 0) is 11.3 Å². The molecule has 0 bridgehead atoms. The molecule has 0 spiro atoms. The van der Waals surface area contributed by atoms with Crippen LogP contribution in [0.4, 0.5) is 10.1 Å². The second-order valence-corrected chi connectivity index (χ2v) is 7.20. The molecule has 1 aliphatic heterocycles. The average Bonchev–Trinajstić information content (AvgIpc) is 2.75. The molecule has 2 aromatic carbocycles.